The first kappa shape index (κ1) is 14.2. The molecular formula is C12H14FN3O4. The lowest BCUT2D eigenvalue weighted by atomic mass is 10.1. The fourth-order valence-electron chi connectivity index (χ4n) is 2.14. The van der Waals surface area contributed by atoms with Crippen LogP contribution in [0.5, 0.6) is 0 Å². The molecule has 1 saturated heterocycles. The van der Waals surface area contributed by atoms with Crippen LogP contribution in [0.1, 0.15) is 29.6 Å². The minimum absolute atomic E-state index is 0.00398. The molecule has 2 rings (SSSR count). The van der Waals surface area contributed by atoms with E-state index in [0.717, 1.165) is 25.3 Å². The number of halogens is 1. The minimum atomic E-state index is -1.46. The van der Waals surface area contributed by atoms with Gasteiger partial charge in [0.15, 0.2) is 0 Å². The molecule has 1 aliphatic heterocycles. The molecule has 1 aromatic carbocycles. The van der Waals surface area contributed by atoms with Crippen molar-refractivity contribution in [2.24, 2.45) is 0 Å². The number of nitrogens with zero attached hydrogens (tertiary/aromatic N) is 2. The highest BCUT2D eigenvalue weighted by atomic mass is 19.1. The van der Waals surface area contributed by atoms with Gasteiger partial charge in [-0.3, -0.25) is 10.1 Å². The number of carboxylic acids is 1. The third-order valence-electron chi connectivity index (χ3n) is 3.15. The lowest BCUT2D eigenvalue weighted by Crippen LogP contribution is -2.35. The van der Waals surface area contributed by atoms with Gasteiger partial charge in [-0.1, -0.05) is 6.42 Å². The second kappa shape index (κ2) is 5.83. The smallest absolute Gasteiger partial charge is 0.338 e. The van der Waals surface area contributed by atoms with Crippen molar-refractivity contribution in [2.75, 3.05) is 18.5 Å². The maximum atomic E-state index is 13.5. The lowest BCUT2D eigenvalue weighted by molar-refractivity contribution is -0.384. The van der Waals surface area contributed by atoms with Crippen LogP contribution in [0.25, 0.3) is 0 Å². The van der Waals surface area contributed by atoms with Crippen molar-refractivity contribution in [1.29, 1.82) is 0 Å². The van der Waals surface area contributed by atoms with Gasteiger partial charge in [0.05, 0.1) is 16.6 Å². The molecule has 1 fully saturated rings. The Labute approximate surface area is 114 Å². The Hall–Kier alpha value is -2.22. The summed E-state index contributed by atoms with van der Waals surface area (Å²) in [5.74, 6) is -2.58. The number of rotatable bonds is 4. The fraction of sp³-hybridized carbons (Fsp3) is 0.417. The zero-order valence-corrected chi connectivity index (χ0v) is 10.6. The Kier molecular flexibility index (Phi) is 4.14. The number of hydrogen-bond donors (Lipinski definition) is 2. The average molecular weight is 283 g/mol. The molecule has 7 nitrogen and oxygen atoms in total. The molecule has 1 aromatic rings. The summed E-state index contributed by atoms with van der Waals surface area (Å²) in [5, 5.41) is 21.6. The first-order valence-electron chi connectivity index (χ1n) is 6.22. The van der Waals surface area contributed by atoms with E-state index < -0.39 is 28.0 Å². The number of nitro benzene ring substituents is 1. The molecule has 2 N–H and O–H groups in total. The molecule has 0 radical (unpaired) electrons. The SMILES string of the molecule is O=C(O)c1cc(NN2CCCCC2)c([N+](=O)[O-])cc1F. The van der Waals surface area contributed by atoms with Gasteiger partial charge in [-0.25, -0.2) is 14.2 Å². The topological polar surface area (TPSA) is 95.7 Å². The van der Waals surface area contributed by atoms with Gasteiger partial charge in [0.1, 0.15) is 11.5 Å². The van der Waals surface area contributed by atoms with E-state index in [1.807, 2.05) is 0 Å². The quantitative estimate of drug-likeness (QED) is 0.650. The second-order valence-corrected chi connectivity index (χ2v) is 4.57. The van der Waals surface area contributed by atoms with E-state index in [0.29, 0.717) is 19.2 Å². The predicted octanol–water partition coefficient (Wildman–Crippen LogP) is 2.24. The largest absolute Gasteiger partial charge is 0.478 e. The van der Waals surface area contributed by atoms with Crippen molar-refractivity contribution in [3.8, 4) is 0 Å². The predicted molar refractivity (Wildman–Crippen MR) is 69.1 cm³/mol. The molecule has 20 heavy (non-hydrogen) atoms. The highest BCUT2D eigenvalue weighted by molar-refractivity contribution is 5.90. The van der Waals surface area contributed by atoms with Gasteiger partial charge in [0.25, 0.3) is 5.69 Å². The van der Waals surface area contributed by atoms with Crippen molar-refractivity contribution in [1.82, 2.24) is 5.01 Å². The Morgan fingerprint density at radius 3 is 2.55 bits per heavy atom. The Balaban J connectivity index is 2.34. The lowest BCUT2D eigenvalue weighted by Gasteiger charge is -2.27. The monoisotopic (exact) mass is 283 g/mol. The summed E-state index contributed by atoms with van der Waals surface area (Å²) in [6.07, 6.45) is 2.99. The molecule has 0 spiro atoms. The van der Waals surface area contributed by atoms with Crippen LogP contribution in [-0.4, -0.2) is 34.1 Å². The van der Waals surface area contributed by atoms with Gasteiger partial charge in [-0.05, 0) is 18.9 Å². The fourth-order valence-corrected chi connectivity index (χ4v) is 2.14. The zero-order chi connectivity index (χ0) is 14.7. The van der Waals surface area contributed by atoms with Crippen LogP contribution in [0.4, 0.5) is 15.8 Å². The number of carboxylic acid groups (broad SMARTS) is 1. The number of nitrogens with one attached hydrogen (secondary N) is 1. The van der Waals surface area contributed by atoms with E-state index in [4.69, 9.17) is 5.11 Å². The number of piperidine rings is 1. The molecule has 0 aliphatic carbocycles. The van der Waals surface area contributed by atoms with E-state index in [1.165, 1.54) is 0 Å². The van der Waals surface area contributed by atoms with E-state index in [-0.39, 0.29) is 5.69 Å². The van der Waals surface area contributed by atoms with Crippen LogP contribution >= 0.6 is 0 Å². The number of carbonyl (C=O) groups is 1. The van der Waals surface area contributed by atoms with Gasteiger partial charge in [0.2, 0.25) is 0 Å². The molecule has 0 atom stereocenters. The summed E-state index contributed by atoms with van der Waals surface area (Å²) in [6, 6.07) is 1.60. The number of nitro groups is 1. The van der Waals surface area contributed by atoms with Gasteiger partial charge in [-0.2, -0.15) is 0 Å². The highest BCUT2D eigenvalue weighted by Crippen LogP contribution is 2.29. The first-order chi connectivity index (χ1) is 9.49. The maximum Gasteiger partial charge on any atom is 0.338 e. The van der Waals surface area contributed by atoms with Gasteiger partial charge in [0, 0.05) is 13.1 Å². The molecule has 0 saturated carbocycles. The van der Waals surface area contributed by atoms with E-state index in [9.17, 15) is 19.3 Å². The van der Waals surface area contributed by atoms with E-state index in [2.05, 4.69) is 5.43 Å². The molecule has 0 unspecified atom stereocenters. The van der Waals surface area contributed by atoms with Gasteiger partial charge < -0.3 is 10.5 Å². The molecule has 1 heterocycles. The first-order valence-corrected chi connectivity index (χ1v) is 6.22. The molecule has 8 heteroatoms. The van der Waals surface area contributed by atoms with Crippen molar-refractivity contribution in [2.45, 2.75) is 19.3 Å². The van der Waals surface area contributed by atoms with Gasteiger partial charge in [-0.15, -0.1) is 0 Å². The zero-order valence-electron chi connectivity index (χ0n) is 10.6. The van der Waals surface area contributed by atoms with Gasteiger partial charge >= 0.3 is 5.97 Å². The summed E-state index contributed by atoms with van der Waals surface area (Å²) < 4.78 is 13.5. The van der Waals surface area contributed by atoms with Crippen LogP contribution in [0, 0.1) is 15.9 Å². The minimum Gasteiger partial charge on any atom is -0.478 e. The highest BCUT2D eigenvalue weighted by Gasteiger charge is 2.23. The van der Waals surface area contributed by atoms with Crippen LogP contribution < -0.4 is 5.43 Å². The number of anilines is 1. The van der Waals surface area contributed by atoms with Crippen LogP contribution in [0.2, 0.25) is 0 Å². The molecule has 0 amide bonds. The summed E-state index contributed by atoms with van der Waals surface area (Å²) >= 11 is 0. The Morgan fingerprint density at radius 1 is 1.35 bits per heavy atom. The van der Waals surface area contributed by atoms with Crippen LogP contribution in [-0.2, 0) is 0 Å². The third kappa shape index (κ3) is 3.02. The number of aromatic carboxylic acids is 1. The number of hydrogen-bond acceptors (Lipinski definition) is 5. The average Bonchev–Trinajstić information content (AvgIpc) is 2.41. The Morgan fingerprint density at radius 2 is 2.00 bits per heavy atom. The second-order valence-electron chi connectivity index (χ2n) is 4.57. The van der Waals surface area contributed by atoms with Crippen molar-refractivity contribution >= 4 is 17.3 Å². The Bertz CT molecular complexity index is 544. The number of benzene rings is 1. The standard InChI is InChI=1S/C12H14FN3O4/c13-9-7-11(16(19)20)10(6-8(9)12(17)18)14-15-4-2-1-3-5-15/h6-7,14H,1-5H2,(H,17,18). The summed E-state index contributed by atoms with van der Waals surface area (Å²) in [5.41, 5.74) is 1.75. The normalized spacial score (nSPS) is 15.8. The van der Waals surface area contributed by atoms with Crippen molar-refractivity contribution < 1.29 is 19.2 Å². The van der Waals surface area contributed by atoms with Crippen molar-refractivity contribution in [3.63, 3.8) is 0 Å². The van der Waals surface area contributed by atoms with E-state index >= 15 is 0 Å². The van der Waals surface area contributed by atoms with Crippen molar-refractivity contribution in [3.05, 3.63) is 33.6 Å². The van der Waals surface area contributed by atoms with Crippen LogP contribution in [0.15, 0.2) is 12.1 Å². The van der Waals surface area contributed by atoms with E-state index in [1.54, 1.807) is 5.01 Å². The molecule has 1 aliphatic rings. The molecular weight excluding hydrogens is 269 g/mol. The summed E-state index contributed by atoms with van der Waals surface area (Å²) in [6.45, 7) is 1.41. The maximum absolute atomic E-state index is 13.5. The molecule has 108 valence electrons. The summed E-state index contributed by atoms with van der Waals surface area (Å²) in [7, 11) is 0. The third-order valence-corrected chi connectivity index (χ3v) is 3.15. The summed E-state index contributed by atoms with van der Waals surface area (Å²) in [4.78, 5) is 21.1. The molecule has 0 bridgehead atoms. The number of hydrazine groups is 1. The molecule has 0 aromatic heterocycles. The van der Waals surface area contributed by atoms with Crippen LogP contribution in [0.3, 0.4) is 0 Å².